The predicted octanol–water partition coefficient (Wildman–Crippen LogP) is 2.49. The fourth-order valence-electron chi connectivity index (χ4n) is 3.44. The molecule has 26 heavy (non-hydrogen) atoms. The molecule has 0 aliphatic heterocycles. The molecule has 0 aromatic carbocycles. The van der Waals surface area contributed by atoms with Gasteiger partial charge in [0, 0.05) is 17.6 Å². The molecule has 1 amide bonds. The molecule has 0 spiro atoms. The Morgan fingerprint density at radius 1 is 1.46 bits per heavy atom. The van der Waals surface area contributed by atoms with Crippen molar-refractivity contribution < 1.29 is 4.79 Å². The van der Waals surface area contributed by atoms with Gasteiger partial charge in [-0.1, -0.05) is 6.92 Å². The summed E-state index contributed by atoms with van der Waals surface area (Å²) in [5.74, 6) is 0.686. The van der Waals surface area contributed by atoms with E-state index in [2.05, 4.69) is 22.4 Å². The summed E-state index contributed by atoms with van der Waals surface area (Å²) in [6.07, 6.45) is 4.70. The number of carbonyl (C=O) groups is 1. The van der Waals surface area contributed by atoms with Crippen LogP contribution >= 0.6 is 11.3 Å². The number of hydrogen-bond acceptors (Lipinski definition) is 5. The van der Waals surface area contributed by atoms with Gasteiger partial charge in [-0.15, -0.1) is 11.3 Å². The first-order valence-electron chi connectivity index (χ1n) is 8.86. The molecule has 7 nitrogen and oxygen atoms in total. The molecule has 0 saturated carbocycles. The van der Waals surface area contributed by atoms with E-state index in [0.29, 0.717) is 23.7 Å². The molecule has 3 heterocycles. The van der Waals surface area contributed by atoms with E-state index in [1.807, 2.05) is 6.92 Å². The van der Waals surface area contributed by atoms with Crippen molar-refractivity contribution >= 4 is 27.5 Å². The number of aromatic nitrogens is 4. The van der Waals surface area contributed by atoms with Crippen LogP contribution in [0.25, 0.3) is 10.2 Å². The van der Waals surface area contributed by atoms with Crippen molar-refractivity contribution in [2.24, 2.45) is 5.92 Å². The lowest BCUT2D eigenvalue weighted by Gasteiger charge is -2.17. The van der Waals surface area contributed by atoms with Crippen molar-refractivity contribution in [1.29, 1.82) is 0 Å². The molecule has 8 heteroatoms. The minimum absolute atomic E-state index is 0.206. The van der Waals surface area contributed by atoms with Crippen LogP contribution < -0.4 is 11.0 Å². The van der Waals surface area contributed by atoms with E-state index in [4.69, 9.17) is 0 Å². The van der Waals surface area contributed by atoms with Crippen LogP contribution in [-0.4, -0.2) is 25.3 Å². The molecule has 136 valence electrons. The maximum absolute atomic E-state index is 13.1. The molecule has 1 N–H and O–H groups in total. The van der Waals surface area contributed by atoms with E-state index >= 15 is 0 Å². The van der Waals surface area contributed by atoms with Crippen molar-refractivity contribution in [3.8, 4) is 0 Å². The Morgan fingerprint density at radius 3 is 3.00 bits per heavy atom. The second kappa shape index (κ2) is 6.35. The first kappa shape index (κ1) is 17.0. The molecule has 1 aliphatic carbocycles. The lowest BCUT2D eigenvalue weighted by Crippen LogP contribution is -2.35. The Balaban J connectivity index is 1.75. The van der Waals surface area contributed by atoms with Gasteiger partial charge in [-0.2, -0.15) is 5.10 Å². The van der Waals surface area contributed by atoms with Gasteiger partial charge in [0.25, 0.3) is 11.5 Å². The second-order valence-corrected chi connectivity index (χ2v) is 7.91. The highest BCUT2D eigenvalue weighted by atomic mass is 32.1. The molecule has 3 aromatic rings. The molecule has 0 bridgehead atoms. The Labute approximate surface area is 154 Å². The van der Waals surface area contributed by atoms with Crippen molar-refractivity contribution in [3.05, 3.63) is 44.6 Å². The van der Waals surface area contributed by atoms with Gasteiger partial charge < -0.3 is 0 Å². The van der Waals surface area contributed by atoms with E-state index in [9.17, 15) is 9.59 Å². The highest BCUT2D eigenvalue weighted by molar-refractivity contribution is 7.18. The zero-order valence-corrected chi connectivity index (χ0v) is 15.9. The second-order valence-electron chi connectivity index (χ2n) is 6.83. The van der Waals surface area contributed by atoms with Crippen molar-refractivity contribution in [3.63, 3.8) is 0 Å². The van der Waals surface area contributed by atoms with Gasteiger partial charge in [0.05, 0.1) is 5.39 Å². The Morgan fingerprint density at radius 2 is 2.27 bits per heavy atom. The first-order valence-corrected chi connectivity index (χ1v) is 9.68. The van der Waals surface area contributed by atoms with Gasteiger partial charge in [0.15, 0.2) is 5.69 Å². The quantitative estimate of drug-likeness (QED) is 0.767. The SMILES string of the molecule is CCn1ccc(C(=O)Nn2c(C)nc3sc4c(c3c2=O)CCC(C)C4)n1. The van der Waals surface area contributed by atoms with Crippen LogP contribution in [0.5, 0.6) is 0 Å². The topological polar surface area (TPSA) is 81.8 Å². The molecular weight excluding hydrogens is 350 g/mol. The van der Waals surface area contributed by atoms with Crippen LogP contribution in [0.15, 0.2) is 17.1 Å². The van der Waals surface area contributed by atoms with Crippen molar-refractivity contribution in [2.45, 2.75) is 46.6 Å². The monoisotopic (exact) mass is 371 g/mol. The van der Waals surface area contributed by atoms with Crippen molar-refractivity contribution in [2.75, 3.05) is 5.43 Å². The van der Waals surface area contributed by atoms with Crippen LogP contribution in [0.4, 0.5) is 0 Å². The van der Waals surface area contributed by atoms with Crippen molar-refractivity contribution in [1.82, 2.24) is 19.4 Å². The number of thiophene rings is 1. The molecule has 4 rings (SSSR count). The number of rotatable bonds is 3. The molecule has 0 fully saturated rings. The molecule has 3 aromatic heterocycles. The summed E-state index contributed by atoms with van der Waals surface area (Å²) in [5, 5.41) is 4.84. The average molecular weight is 371 g/mol. The lowest BCUT2D eigenvalue weighted by atomic mass is 9.89. The minimum atomic E-state index is -0.415. The predicted molar refractivity (Wildman–Crippen MR) is 101 cm³/mol. The van der Waals surface area contributed by atoms with Gasteiger partial charge in [-0.25, -0.2) is 9.66 Å². The number of fused-ring (bicyclic) bond motifs is 3. The Kier molecular flexibility index (Phi) is 4.14. The largest absolute Gasteiger partial charge is 0.290 e. The maximum Gasteiger partial charge on any atom is 0.290 e. The number of carbonyl (C=O) groups excluding carboxylic acids is 1. The number of hydrogen-bond donors (Lipinski definition) is 1. The summed E-state index contributed by atoms with van der Waals surface area (Å²) in [7, 11) is 0. The van der Waals surface area contributed by atoms with E-state index in [1.165, 1.54) is 9.55 Å². The summed E-state index contributed by atoms with van der Waals surface area (Å²) in [6.45, 7) is 6.59. The third-order valence-electron chi connectivity index (χ3n) is 4.91. The first-order chi connectivity index (χ1) is 12.5. The smallest absolute Gasteiger partial charge is 0.272 e. The van der Waals surface area contributed by atoms with Crippen LogP contribution in [0.2, 0.25) is 0 Å². The van der Waals surface area contributed by atoms with E-state index in [-0.39, 0.29) is 11.3 Å². The molecular formula is C18H21N5O2S. The van der Waals surface area contributed by atoms with Crippen LogP contribution in [-0.2, 0) is 19.4 Å². The Bertz CT molecular complexity index is 1060. The normalized spacial score (nSPS) is 16.7. The van der Waals surface area contributed by atoms with Crippen LogP contribution in [0.1, 0.15) is 47.0 Å². The number of aryl methyl sites for hydroxylation is 3. The highest BCUT2D eigenvalue weighted by Gasteiger charge is 2.24. The molecule has 0 saturated heterocycles. The van der Waals surface area contributed by atoms with Crippen LogP contribution in [0, 0.1) is 12.8 Å². The average Bonchev–Trinajstić information content (AvgIpc) is 3.22. The lowest BCUT2D eigenvalue weighted by molar-refractivity contribution is 0.100. The van der Waals surface area contributed by atoms with Gasteiger partial charge in [-0.05, 0) is 50.7 Å². The summed E-state index contributed by atoms with van der Waals surface area (Å²) in [4.78, 5) is 32.2. The summed E-state index contributed by atoms with van der Waals surface area (Å²) in [6, 6.07) is 1.64. The third kappa shape index (κ3) is 2.74. The molecule has 1 unspecified atom stereocenters. The fraction of sp³-hybridized carbons (Fsp3) is 0.444. The molecule has 1 atom stereocenters. The molecule has 1 aliphatic rings. The maximum atomic E-state index is 13.1. The Hall–Kier alpha value is -2.48. The number of nitrogens with zero attached hydrogens (tertiary/aromatic N) is 4. The highest BCUT2D eigenvalue weighted by Crippen LogP contribution is 2.35. The number of amides is 1. The van der Waals surface area contributed by atoms with Crippen LogP contribution in [0.3, 0.4) is 0 Å². The zero-order chi connectivity index (χ0) is 18.4. The number of nitrogens with one attached hydrogen (secondary N) is 1. The standard InChI is InChI=1S/C18H21N5O2S/c1-4-22-8-7-13(20-22)16(24)21-23-11(3)19-17-15(18(23)25)12-6-5-10(2)9-14(12)26-17/h7-8,10H,4-6,9H2,1-3H3,(H,21,24). The van der Waals surface area contributed by atoms with Gasteiger partial charge in [-0.3, -0.25) is 19.7 Å². The molecule has 0 radical (unpaired) electrons. The van der Waals surface area contributed by atoms with Gasteiger partial charge in [0.1, 0.15) is 10.7 Å². The fourth-order valence-corrected chi connectivity index (χ4v) is 4.86. The van der Waals surface area contributed by atoms with E-state index in [1.54, 1.807) is 35.2 Å². The summed E-state index contributed by atoms with van der Waals surface area (Å²) in [5.41, 5.74) is 3.84. The van der Waals surface area contributed by atoms with E-state index < -0.39 is 5.91 Å². The van der Waals surface area contributed by atoms with Gasteiger partial charge >= 0.3 is 0 Å². The summed E-state index contributed by atoms with van der Waals surface area (Å²) < 4.78 is 2.92. The zero-order valence-electron chi connectivity index (χ0n) is 15.1. The van der Waals surface area contributed by atoms with Gasteiger partial charge in [0.2, 0.25) is 0 Å². The third-order valence-corrected chi connectivity index (χ3v) is 6.06. The minimum Gasteiger partial charge on any atom is -0.272 e. The van der Waals surface area contributed by atoms with E-state index in [0.717, 1.165) is 29.7 Å². The summed E-state index contributed by atoms with van der Waals surface area (Å²) >= 11 is 1.61.